The summed E-state index contributed by atoms with van der Waals surface area (Å²) in [4.78, 5) is 12.0. The molecule has 0 saturated carbocycles. The summed E-state index contributed by atoms with van der Waals surface area (Å²) in [5, 5.41) is 3.25. The highest BCUT2D eigenvalue weighted by Gasteiger charge is 2.17. The molecule has 0 fully saturated rings. The number of methoxy groups -OCH3 is 1. The molecule has 0 radical (unpaired) electrons. The van der Waals surface area contributed by atoms with Crippen LogP contribution in [0, 0.1) is 5.82 Å². The minimum absolute atomic E-state index is 0.237. The maximum atomic E-state index is 13.6. The summed E-state index contributed by atoms with van der Waals surface area (Å²) in [5.74, 6) is -0.467. The van der Waals surface area contributed by atoms with E-state index in [1.807, 2.05) is 39.0 Å². The summed E-state index contributed by atoms with van der Waals surface area (Å²) in [6.45, 7) is 6.67. The highest BCUT2D eigenvalue weighted by Crippen LogP contribution is 2.17. The van der Waals surface area contributed by atoms with Crippen LogP contribution in [0.2, 0.25) is 0 Å². The first-order chi connectivity index (χ1) is 11.8. The van der Waals surface area contributed by atoms with Gasteiger partial charge in [0.05, 0.1) is 12.7 Å². The number of benzene rings is 2. The van der Waals surface area contributed by atoms with Gasteiger partial charge in [0.25, 0.3) is 0 Å². The van der Waals surface area contributed by atoms with Crippen molar-refractivity contribution in [3.8, 4) is 5.75 Å². The van der Waals surface area contributed by atoms with E-state index in [2.05, 4.69) is 5.32 Å². The number of halogens is 1. The first-order valence-corrected chi connectivity index (χ1v) is 8.14. The van der Waals surface area contributed by atoms with Gasteiger partial charge in [-0.1, -0.05) is 18.2 Å². The molecule has 0 bridgehead atoms. The molecule has 0 saturated heterocycles. The predicted molar refractivity (Wildman–Crippen MR) is 95.1 cm³/mol. The third kappa shape index (κ3) is 5.87. The van der Waals surface area contributed by atoms with Crippen LogP contribution in [0.15, 0.2) is 42.5 Å². The molecule has 2 aromatic carbocycles. The minimum atomic E-state index is -0.509. The van der Waals surface area contributed by atoms with E-state index in [-0.39, 0.29) is 17.5 Å². The lowest BCUT2D eigenvalue weighted by Crippen LogP contribution is -2.23. The zero-order valence-corrected chi connectivity index (χ0v) is 15.1. The molecular formula is C20H24FNO3. The van der Waals surface area contributed by atoms with Gasteiger partial charge >= 0.3 is 5.97 Å². The number of esters is 1. The standard InChI is InChI=1S/C20H24FNO3/c1-20(2,3)25-19(23)16-8-5-14(6-9-16)12-22-13-15-7-10-18(24-4)17(21)11-15/h5-11,22H,12-13H2,1-4H3. The van der Waals surface area contributed by atoms with Gasteiger partial charge in [-0.15, -0.1) is 0 Å². The highest BCUT2D eigenvalue weighted by atomic mass is 19.1. The first-order valence-electron chi connectivity index (χ1n) is 8.14. The van der Waals surface area contributed by atoms with E-state index in [0.717, 1.165) is 11.1 Å². The number of ether oxygens (including phenoxy) is 2. The van der Waals surface area contributed by atoms with Gasteiger partial charge < -0.3 is 14.8 Å². The molecule has 0 aliphatic rings. The average Bonchev–Trinajstić information content (AvgIpc) is 2.54. The zero-order valence-electron chi connectivity index (χ0n) is 15.1. The molecule has 2 rings (SSSR count). The van der Waals surface area contributed by atoms with Crippen LogP contribution in [0.4, 0.5) is 4.39 Å². The fourth-order valence-corrected chi connectivity index (χ4v) is 2.27. The van der Waals surface area contributed by atoms with E-state index in [1.165, 1.54) is 13.2 Å². The number of hydrogen-bond acceptors (Lipinski definition) is 4. The largest absolute Gasteiger partial charge is 0.494 e. The Balaban J connectivity index is 1.87. The molecule has 134 valence electrons. The third-order valence-electron chi connectivity index (χ3n) is 3.46. The van der Waals surface area contributed by atoms with Gasteiger partial charge in [-0.3, -0.25) is 0 Å². The van der Waals surface area contributed by atoms with Gasteiger partial charge in [0.2, 0.25) is 0 Å². The van der Waals surface area contributed by atoms with Crippen LogP contribution in [0.5, 0.6) is 5.75 Å². The molecule has 0 spiro atoms. The van der Waals surface area contributed by atoms with Crippen LogP contribution < -0.4 is 10.1 Å². The van der Waals surface area contributed by atoms with E-state index < -0.39 is 5.60 Å². The van der Waals surface area contributed by atoms with Crippen molar-refractivity contribution in [2.75, 3.05) is 7.11 Å². The fraction of sp³-hybridized carbons (Fsp3) is 0.350. The molecule has 0 aromatic heterocycles. The molecule has 0 atom stereocenters. The van der Waals surface area contributed by atoms with Crippen molar-refractivity contribution in [2.24, 2.45) is 0 Å². The molecular weight excluding hydrogens is 321 g/mol. The second-order valence-electron chi connectivity index (χ2n) is 6.77. The Morgan fingerprint density at radius 3 is 2.20 bits per heavy atom. The van der Waals surface area contributed by atoms with Crippen molar-refractivity contribution >= 4 is 5.97 Å². The number of carbonyl (C=O) groups is 1. The molecule has 0 unspecified atom stereocenters. The van der Waals surface area contributed by atoms with Crippen LogP contribution in [-0.2, 0) is 17.8 Å². The molecule has 4 nitrogen and oxygen atoms in total. The van der Waals surface area contributed by atoms with Crippen LogP contribution in [0.1, 0.15) is 42.3 Å². The Hall–Kier alpha value is -2.40. The lowest BCUT2D eigenvalue weighted by atomic mass is 10.1. The van der Waals surface area contributed by atoms with Crippen LogP contribution in [-0.4, -0.2) is 18.7 Å². The minimum Gasteiger partial charge on any atom is -0.494 e. The van der Waals surface area contributed by atoms with Gasteiger partial charge in [-0.05, 0) is 56.2 Å². The van der Waals surface area contributed by atoms with Gasteiger partial charge in [0, 0.05) is 13.1 Å². The topological polar surface area (TPSA) is 47.6 Å². The normalized spacial score (nSPS) is 11.2. The summed E-state index contributed by atoms with van der Waals surface area (Å²) in [7, 11) is 1.44. The maximum absolute atomic E-state index is 13.6. The Bertz CT molecular complexity index is 721. The van der Waals surface area contributed by atoms with Crippen molar-refractivity contribution in [1.82, 2.24) is 5.32 Å². The Morgan fingerprint density at radius 1 is 1.04 bits per heavy atom. The van der Waals surface area contributed by atoms with Crippen molar-refractivity contribution in [3.05, 3.63) is 65.0 Å². The highest BCUT2D eigenvalue weighted by molar-refractivity contribution is 5.89. The Kier molecular flexibility index (Phi) is 6.15. The molecule has 2 aromatic rings. The van der Waals surface area contributed by atoms with Gasteiger partial charge in [-0.25, -0.2) is 9.18 Å². The van der Waals surface area contributed by atoms with Gasteiger partial charge in [0.15, 0.2) is 11.6 Å². The Morgan fingerprint density at radius 2 is 1.64 bits per heavy atom. The number of hydrogen-bond donors (Lipinski definition) is 1. The van der Waals surface area contributed by atoms with E-state index >= 15 is 0 Å². The van der Waals surface area contributed by atoms with Crippen LogP contribution >= 0.6 is 0 Å². The monoisotopic (exact) mass is 345 g/mol. The zero-order chi connectivity index (χ0) is 18.4. The van der Waals surface area contributed by atoms with Crippen molar-refractivity contribution < 1.29 is 18.7 Å². The maximum Gasteiger partial charge on any atom is 0.338 e. The summed E-state index contributed by atoms with van der Waals surface area (Å²) < 4.78 is 23.9. The van der Waals surface area contributed by atoms with Crippen molar-refractivity contribution in [3.63, 3.8) is 0 Å². The predicted octanol–water partition coefficient (Wildman–Crippen LogP) is 4.08. The second-order valence-corrected chi connectivity index (χ2v) is 6.77. The van der Waals surface area contributed by atoms with E-state index in [0.29, 0.717) is 18.7 Å². The molecule has 0 aliphatic heterocycles. The van der Waals surface area contributed by atoms with Crippen LogP contribution in [0.3, 0.4) is 0 Å². The summed E-state index contributed by atoms with van der Waals surface area (Å²) in [5.41, 5.74) is 1.88. The molecule has 5 heteroatoms. The van der Waals surface area contributed by atoms with Gasteiger partial charge in [-0.2, -0.15) is 0 Å². The molecule has 1 N–H and O–H groups in total. The summed E-state index contributed by atoms with van der Waals surface area (Å²) >= 11 is 0. The summed E-state index contributed by atoms with van der Waals surface area (Å²) in [6.07, 6.45) is 0. The molecule has 0 heterocycles. The molecule has 0 amide bonds. The number of nitrogens with one attached hydrogen (secondary N) is 1. The number of carbonyl (C=O) groups excluding carboxylic acids is 1. The molecule has 0 aliphatic carbocycles. The fourth-order valence-electron chi connectivity index (χ4n) is 2.27. The van der Waals surface area contributed by atoms with Crippen molar-refractivity contribution in [1.29, 1.82) is 0 Å². The van der Waals surface area contributed by atoms with Crippen LogP contribution in [0.25, 0.3) is 0 Å². The average molecular weight is 345 g/mol. The van der Waals surface area contributed by atoms with Gasteiger partial charge in [0.1, 0.15) is 5.60 Å². The molecule has 25 heavy (non-hydrogen) atoms. The van der Waals surface area contributed by atoms with Crippen molar-refractivity contribution in [2.45, 2.75) is 39.5 Å². The second kappa shape index (κ2) is 8.12. The smallest absolute Gasteiger partial charge is 0.338 e. The lowest BCUT2D eigenvalue weighted by molar-refractivity contribution is 0.00695. The summed E-state index contributed by atoms with van der Waals surface area (Å²) in [6, 6.07) is 12.1. The third-order valence-corrected chi connectivity index (χ3v) is 3.46. The number of rotatable bonds is 6. The SMILES string of the molecule is COc1ccc(CNCc2ccc(C(=O)OC(C)(C)C)cc2)cc1F. The van der Waals surface area contributed by atoms with E-state index in [1.54, 1.807) is 18.2 Å². The lowest BCUT2D eigenvalue weighted by Gasteiger charge is -2.19. The van der Waals surface area contributed by atoms with E-state index in [9.17, 15) is 9.18 Å². The van der Waals surface area contributed by atoms with E-state index in [4.69, 9.17) is 9.47 Å². The quantitative estimate of drug-likeness (QED) is 0.802. The first kappa shape index (κ1) is 18.9. The Labute approximate surface area is 148 Å².